The number of nitrogens with two attached hydrogens (primary N) is 1. The highest BCUT2D eigenvalue weighted by molar-refractivity contribution is 5.31. The standard InChI is InChI=1S/C20H32N4O2/c1-15-7-8-17(19(26)9-15)11-23-13-20(2,14-24-21)12-22-10-16-5-3-4-6-18(16)25/h3-8,15,22-26H,9-14,21H2,1-2H3. The van der Waals surface area contributed by atoms with Gasteiger partial charge in [-0.05, 0) is 12.0 Å². The molecule has 0 saturated carbocycles. The summed E-state index contributed by atoms with van der Waals surface area (Å²) in [6.07, 6.45) is 4.84. The molecule has 1 aromatic rings. The van der Waals surface area contributed by atoms with Crippen LogP contribution in [0.1, 0.15) is 25.8 Å². The van der Waals surface area contributed by atoms with Crippen molar-refractivity contribution in [2.45, 2.75) is 26.8 Å². The number of aliphatic hydroxyl groups excluding tert-OH is 1. The Balaban J connectivity index is 1.83. The van der Waals surface area contributed by atoms with E-state index in [-0.39, 0.29) is 5.41 Å². The van der Waals surface area contributed by atoms with Crippen LogP contribution in [0.15, 0.2) is 47.7 Å². The summed E-state index contributed by atoms with van der Waals surface area (Å²) >= 11 is 0. The van der Waals surface area contributed by atoms with Crippen LogP contribution in [0.3, 0.4) is 0 Å². The number of aliphatic hydroxyl groups is 1. The van der Waals surface area contributed by atoms with Gasteiger partial charge >= 0.3 is 0 Å². The Kier molecular flexibility index (Phi) is 7.66. The molecule has 26 heavy (non-hydrogen) atoms. The summed E-state index contributed by atoms with van der Waals surface area (Å²) in [5, 5.41) is 26.8. The van der Waals surface area contributed by atoms with Gasteiger partial charge in [-0.25, -0.2) is 0 Å². The minimum Gasteiger partial charge on any atom is -0.512 e. The van der Waals surface area contributed by atoms with Gasteiger partial charge in [0, 0.05) is 55.7 Å². The van der Waals surface area contributed by atoms with Crippen LogP contribution in [-0.2, 0) is 6.54 Å². The maximum atomic E-state index is 10.1. The molecule has 7 N–H and O–H groups in total. The summed E-state index contributed by atoms with van der Waals surface area (Å²) in [6.45, 7) is 7.59. The summed E-state index contributed by atoms with van der Waals surface area (Å²) in [5.74, 6) is 6.74. The Bertz CT molecular complexity index is 644. The number of hydrogen-bond donors (Lipinski definition) is 6. The maximum Gasteiger partial charge on any atom is 0.120 e. The number of para-hydroxylation sites is 1. The average molecular weight is 361 g/mol. The molecule has 6 nitrogen and oxygen atoms in total. The molecular weight excluding hydrogens is 328 g/mol. The van der Waals surface area contributed by atoms with Gasteiger partial charge in [-0.15, -0.1) is 0 Å². The van der Waals surface area contributed by atoms with E-state index in [0.717, 1.165) is 24.2 Å². The largest absolute Gasteiger partial charge is 0.512 e. The molecule has 0 fully saturated rings. The van der Waals surface area contributed by atoms with E-state index >= 15 is 0 Å². The number of phenolic OH excluding ortho intramolecular Hbond substituents is 1. The van der Waals surface area contributed by atoms with E-state index in [1.165, 1.54) is 0 Å². The maximum absolute atomic E-state index is 10.1. The zero-order chi connectivity index (χ0) is 19.0. The Labute approximate surface area is 156 Å². The number of benzene rings is 1. The van der Waals surface area contributed by atoms with Gasteiger partial charge in [-0.1, -0.05) is 44.2 Å². The van der Waals surface area contributed by atoms with Crippen LogP contribution in [0, 0.1) is 11.3 Å². The number of hydrogen-bond acceptors (Lipinski definition) is 6. The molecular formula is C20H32N4O2. The molecule has 0 bridgehead atoms. The van der Waals surface area contributed by atoms with E-state index in [0.29, 0.717) is 43.5 Å². The van der Waals surface area contributed by atoms with Crippen molar-refractivity contribution in [1.29, 1.82) is 0 Å². The average Bonchev–Trinajstić information content (AvgIpc) is 2.59. The molecule has 6 heteroatoms. The monoisotopic (exact) mass is 360 g/mol. The van der Waals surface area contributed by atoms with Crippen molar-refractivity contribution in [2.75, 3.05) is 26.2 Å². The second-order valence-electron chi connectivity index (χ2n) is 7.54. The van der Waals surface area contributed by atoms with Gasteiger partial charge in [-0.3, -0.25) is 11.3 Å². The number of nitrogens with one attached hydrogen (secondary N) is 3. The minimum atomic E-state index is -0.110. The van der Waals surface area contributed by atoms with E-state index in [9.17, 15) is 10.2 Å². The van der Waals surface area contributed by atoms with Crippen molar-refractivity contribution in [2.24, 2.45) is 17.2 Å². The van der Waals surface area contributed by atoms with Gasteiger partial charge in [0.2, 0.25) is 0 Å². The van der Waals surface area contributed by atoms with Crippen LogP contribution in [0.4, 0.5) is 0 Å². The van der Waals surface area contributed by atoms with E-state index in [1.807, 2.05) is 24.3 Å². The van der Waals surface area contributed by atoms with E-state index < -0.39 is 0 Å². The lowest BCUT2D eigenvalue weighted by molar-refractivity contribution is 0.276. The summed E-state index contributed by atoms with van der Waals surface area (Å²) in [4.78, 5) is 0. The molecule has 0 aliphatic heterocycles. The molecule has 0 aromatic heterocycles. The highest BCUT2D eigenvalue weighted by Gasteiger charge is 2.23. The number of phenols is 1. The Morgan fingerprint density at radius 1 is 1.12 bits per heavy atom. The first-order chi connectivity index (χ1) is 12.4. The smallest absolute Gasteiger partial charge is 0.120 e. The predicted octanol–water partition coefficient (Wildman–Crippen LogP) is 1.95. The molecule has 0 spiro atoms. The topological polar surface area (TPSA) is 103 Å². The summed E-state index contributed by atoms with van der Waals surface area (Å²) in [6, 6.07) is 7.33. The lowest BCUT2D eigenvalue weighted by Gasteiger charge is -2.30. The SMILES string of the molecule is CC1C=CC(CNCC(C)(CNN)CNCc2ccccc2O)=C(O)C1. The molecule has 2 rings (SSSR count). The second-order valence-corrected chi connectivity index (χ2v) is 7.54. The molecule has 1 aliphatic carbocycles. The fraction of sp³-hybridized carbons (Fsp3) is 0.500. The second kappa shape index (κ2) is 9.73. The van der Waals surface area contributed by atoms with Crippen LogP contribution in [0.5, 0.6) is 5.75 Å². The Morgan fingerprint density at radius 2 is 1.81 bits per heavy atom. The quantitative estimate of drug-likeness (QED) is 0.282. The van der Waals surface area contributed by atoms with Crippen molar-refractivity contribution >= 4 is 0 Å². The van der Waals surface area contributed by atoms with Gasteiger partial charge in [0.05, 0.1) is 5.76 Å². The first kappa shape index (κ1) is 20.5. The first-order valence-corrected chi connectivity index (χ1v) is 9.14. The lowest BCUT2D eigenvalue weighted by Crippen LogP contribution is -2.48. The van der Waals surface area contributed by atoms with Gasteiger partial charge in [0.15, 0.2) is 0 Å². The zero-order valence-electron chi connectivity index (χ0n) is 15.8. The van der Waals surface area contributed by atoms with Crippen LogP contribution in [0.25, 0.3) is 0 Å². The van der Waals surface area contributed by atoms with Gasteiger partial charge in [0.25, 0.3) is 0 Å². The highest BCUT2D eigenvalue weighted by Crippen LogP contribution is 2.21. The van der Waals surface area contributed by atoms with E-state index in [2.05, 4.69) is 36.0 Å². The van der Waals surface area contributed by atoms with Gasteiger partial charge in [-0.2, -0.15) is 0 Å². The van der Waals surface area contributed by atoms with Gasteiger partial charge < -0.3 is 20.8 Å². The third-order valence-corrected chi connectivity index (χ3v) is 4.77. The summed E-state index contributed by atoms with van der Waals surface area (Å²) < 4.78 is 0. The van der Waals surface area contributed by atoms with Crippen molar-refractivity contribution in [1.82, 2.24) is 16.1 Å². The van der Waals surface area contributed by atoms with E-state index in [4.69, 9.17) is 5.84 Å². The van der Waals surface area contributed by atoms with Crippen LogP contribution >= 0.6 is 0 Å². The molecule has 1 aromatic carbocycles. The highest BCUT2D eigenvalue weighted by atomic mass is 16.3. The van der Waals surface area contributed by atoms with Crippen LogP contribution in [0.2, 0.25) is 0 Å². The Morgan fingerprint density at radius 3 is 2.46 bits per heavy atom. The summed E-state index contributed by atoms with van der Waals surface area (Å²) in [5.41, 5.74) is 4.48. The molecule has 0 radical (unpaired) electrons. The summed E-state index contributed by atoms with van der Waals surface area (Å²) in [7, 11) is 0. The van der Waals surface area contributed by atoms with Crippen LogP contribution < -0.4 is 21.9 Å². The normalized spacial score (nSPS) is 19.6. The molecule has 1 aliphatic rings. The first-order valence-electron chi connectivity index (χ1n) is 9.14. The third kappa shape index (κ3) is 6.14. The number of rotatable bonds is 10. The molecule has 144 valence electrons. The number of allylic oxidation sites excluding steroid dienone is 2. The molecule has 0 amide bonds. The fourth-order valence-electron chi connectivity index (χ4n) is 3.13. The minimum absolute atomic E-state index is 0.110. The Hall–Kier alpha value is -1.86. The van der Waals surface area contributed by atoms with E-state index in [1.54, 1.807) is 6.07 Å². The fourth-order valence-corrected chi connectivity index (χ4v) is 3.13. The predicted molar refractivity (Wildman–Crippen MR) is 106 cm³/mol. The molecule has 0 saturated heterocycles. The van der Waals surface area contributed by atoms with Crippen molar-refractivity contribution in [3.8, 4) is 5.75 Å². The zero-order valence-corrected chi connectivity index (χ0v) is 15.8. The van der Waals surface area contributed by atoms with Crippen molar-refractivity contribution in [3.05, 3.63) is 53.3 Å². The molecule has 2 atom stereocenters. The lowest BCUT2D eigenvalue weighted by atomic mass is 9.90. The van der Waals surface area contributed by atoms with Gasteiger partial charge in [0.1, 0.15) is 5.75 Å². The number of aromatic hydroxyl groups is 1. The third-order valence-electron chi connectivity index (χ3n) is 4.77. The molecule has 0 heterocycles. The molecule has 2 unspecified atom stereocenters. The van der Waals surface area contributed by atoms with Crippen molar-refractivity contribution < 1.29 is 10.2 Å². The number of hydrazine groups is 1. The van der Waals surface area contributed by atoms with Crippen LogP contribution in [-0.4, -0.2) is 36.4 Å². The van der Waals surface area contributed by atoms with Crippen molar-refractivity contribution in [3.63, 3.8) is 0 Å².